The Balaban J connectivity index is 2.59. The molecule has 4 heteroatoms. The zero-order chi connectivity index (χ0) is 12.0. The molecule has 16 heavy (non-hydrogen) atoms. The summed E-state index contributed by atoms with van der Waals surface area (Å²) in [6.07, 6.45) is 0.864. The highest BCUT2D eigenvalue weighted by Crippen LogP contribution is 2.25. The van der Waals surface area contributed by atoms with E-state index in [0.29, 0.717) is 11.6 Å². The Morgan fingerprint density at radius 1 is 1.44 bits per heavy atom. The molecule has 3 nitrogen and oxygen atoms in total. The first-order chi connectivity index (χ1) is 7.67. The number of likely N-dealkylation sites (N-methyl/N-ethyl adjacent to an activating group) is 1. The zero-order valence-corrected chi connectivity index (χ0v) is 10.5. The number of rotatable bonds is 6. The molecule has 0 unspecified atom stereocenters. The standard InChI is InChI=1S/C12H18ClNO2/c1-3-16-12-5-4-10(8-11(12)13)6-7-14(2)9-15/h4-5,8,15H,3,6-7,9H2,1-2H3. The summed E-state index contributed by atoms with van der Waals surface area (Å²) in [7, 11) is 1.87. The highest BCUT2D eigenvalue weighted by atomic mass is 35.5. The van der Waals surface area contributed by atoms with Crippen molar-refractivity contribution < 1.29 is 9.84 Å². The van der Waals surface area contributed by atoms with Crippen molar-refractivity contribution in [1.29, 1.82) is 0 Å². The van der Waals surface area contributed by atoms with Gasteiger partial charge in [0.1, 0.15) is 5.75 Å². The normalized spacial score (nSPS) is 10.8. The van der Waals surface area contributed by atoms with Gasteiger partial charge in [-0.3, -0.25) is 4.90 Å². The van der Waals surface area contributed by atoms with Crippen LogP contribution in [0.5, 0.6) is 5.75 Å². The van der Waals surface area contributed by atoms with Gasteiger partial charge >= 0.3 is 0 Å². The molecule has 1 aromatic rings. The number of aliphatic hydroxyl groups excluding tert-OH is 1. The Kier molecular flexibility index (Phi) is 5.60. The summed E-state index contributed by atoms with van der Waals surface area (Å²) in [6, 6.07) is 5.81. The largest absolute Gasteiger partial charge is 0.492 e. The lowest BCUT2D eigenvalue weighted by atomic mass is 10.1. The zero-order valence-electron chi connectivity index (χ0n) is 9.74. The van der Waals surface area contributed by atoms with Crippen LogP contribution < -0.4 is 4.74 Å². The van der Waals surface area contributed by atoms with E-state index in [2.05, 4.69) is 0 Å². The molecule has 1 rings (SSSR count). The van der Waals surface area contributed by atoms with Gasteiger partial charge in [-0.05, 0) is 38.1 Å². The average Bonchev–Trinajstić information content (AvgIpc) is 2.29. The molecule has 0 heterocycles. The van der Waals surface area contributed by atoms with Crippen LogP contribution in [-0.4, -0.2) is 36.9 Å². The maximum atomic E-state index is 8.86. The summed E-state index contributed by atoms with van der Waals surface area (Å²) < 4.78 is 5.36. The van der Waals surface area contributed by atoms with Crippen LogP contribution in [0.1, 0.15) is 12.5 Å². The van der Waals surface area contributed by atoms with Gasteiger partial charge in [-0.2, -0.15) is 0 Å². The predicted octanol–water partition coefficient (Wildman–Crippen LogP) is 2.16. The lowest BCUT2D eigenvalue weighted by Crippen LogP contribution is -2.21. The first-order valence-corrected chi connectivity index (χ1v) is 5.75. The minimum absolute atomic E-state index is 0.0742. The molecule has 0 saturated heterocycles. The van der Waals surface area contributed by atoms with E-state index in [-0.39, 0.29) is 6.73 Å². The molecule has 0 bridgehead atoms. The number of benzene rings is 1. The molecule has 90 valence electrons. The van der Waals surface area contributed by atoms with Crippen molar-refractivity contribution in [2.45, 2.75) is 13.3 Å². The fourth-order valence-corrected chi connectivity index (χ4v) is 1.62. The second-order valence-electron chi connectivity index (χ2n) is 3.67. The summed E-state index contributed by atoms with van der Waals surface area (Å²) in [5.74, 6) is 0.725. The molecule has 1 N–H and O–H groups in total. The fourth-order valence-electron chi connectivity index (χ4n) is 1.36. The van der Waals surface area contributed by atoms with Crippen molar-refractivity contribution >= 4 is 11.6 Å². The van der Waals surface area contributed by atoms with Crippen LogP contribution in [0.4, 0.5) is 0 Å². The van der Waals surface area contributed by atoms with Crippen LogP contribution in [0.2, 0.25) is 5.02 Å². The topological polar surface area (TPSA) is 32.7 Å². The lowest BCUT2D eigenvalue weighted by molar-refractivity contribution is 0.134. The van der Waals surface area contributed by atoms with Gasteiger partial charge in [0, 0.05) is 6.54 Å². The second kappa shape index (κ2) is 6.74. The van der Waals surface area contributed by atoms with Gasteiger partial charge in [-0.15, -0.1) is 0 Å². The maximum absolute atomic E-state index is 8.86. The van der Waals surface area contributed by atoms with Crippen LogP contribution in [0.25, 0.3) is 0 Å². The highest BCUT2D eigenvalue weighted by Gasteiger charge is 2.03. The third kappa shape index (κ3) is 4.00. The first kappa shape index (κ1) is 13.3. The molecule has 0 aliphatic heterocycles. The molecule has 0 saturated carbocycles. The summed E-state index contributed by atoms with van der Waals surface area (Å²) in [5, 5.41) is 9.51. The molecule has 0 aliphatic rings. The summed E-state index contributed by atoms with van der Waals surface area (Å²) in [5.41, 5.74) is 1.15. The smallest absolute Gasteiger partial charge is 0.137 e. The summed E-state index contributed by atoms with van der Waals surface area (Å²) in [6.45, 7) is 3.43. The van der Waals surface area contributed by atoms with Crippen LogP contribution >= 0.6 is 11.6 Å². The highest BCUT2D eigenvalue weighted by molar-refractivity contribution is 6.32. The van der Waals surface area contributed by atoms with E-state index in [1.807, 2.05) is 37.1 Å². The number of nitrogens with zero attached hydrogens (tertiary/aromatic N) is 1. The molecule has 0 fully saturated rings. The van der Waals surface area contributed by atoms with E-state index in [0.717, 1.165) is 24.3 Å². The Morgan fingerprint density at radius 2 is 2.19 bits per heavy atom. The third-order valence-electron chi connectivity index (χ3n) is 2.32. The quantitative estimate of drug-likeness (QED) is 0.778. The van der Waals surface area contributed by atoms with Crippen LogP contribution in [0.3, 0.4) is 0 Å². The van der Waals surface area contributed by atoms with Gasteiger partial charge in [-0.25, -0.2) is 0 Å². The van der Waals surface area contributed by atoms with E-state index in [4.69, 9.17) is 21.4 Å². The predicted molar refractivity (Wildman–Crippen MR) is 66.0 cm³/mol. The van der Waals surface area contributed by atoms with Gasteiger partial charge in [0.15, 0.2) is 0 Å². The van der Waals surface area contributed by atoms with Gasteiger partial charge in [0.25, 0.3) is 0 Å². The molecule has 0 spiro atoms. The van der Waals surface area contributed by atoms with Crippen LogP contribution in [-0.2, 0) is 6.42 Å². The Labute approximate surface area is 102 Å². The Hall–Kier alpha value is -0.770. The van der Waals surface area contributed by atoms with E-state index in [1.165, 1.54) is 0 Å². The molecule has 0 aliphatic carbocycles. The Bertz CT molecular complexity index is 331. The molecule has 0 atom stereocenters. The maximum Gasteiger partial charge on any atom is 0.137 e. The van der Waals surface area contributed by atoms with Crippen molar-refractivity contribution in [3.63, 3.8) is 0 Å². The second-order valence-corrected chi connectivity index (χ2v) is 4.08. The SMILES string of the molecule is CCOc1ccc(CCN(C)CO)cc1Cl. The van der Waals surface area contributed by atoms with Crippen molar-refractivity contribution in [3.8, 4) is 5.75 Å². The molecular formula is C12H18ClNO2. The third-order valence-corrected chi connectivity index (χ3v) is 2.62. The van der Waals surface area contributed by atoms with E-state index < -0.39 is 0 Å². The number of hydrogen-bond acceptors (Lipinski definition) is 3. The number of hydrogen-bond donors (Lipinski definition) is 1. The molecule has 0 radical (unpaired) electrons. The summed E-state index contributed by atoms with van der Waals surface area (Å²) >= 11 is 6.07. The van der Waals surface area contributed by atoms with Crippen molar-refractivity contribution in [2.24, 2.45) is 0 Å². The minimum Gasteiger partial charge on any atom is -0.492 e. The Morgan fingerprint density at radius 3 is 2.75 bits per heavy atom. The molecule has 1 aromatic carbocycles. The van der Waals surface area contributed by atoms with Gasteiger partial charge in [0.05, 0.1) is 18.4 Å². The molecule has 0 aromatic heterocycles. The number of halogens is 1. The van der Waals surface area contributed by atoms with Crippen molar-refractivity contribution in [1.82, 2.24) is 4.90 Å². The van der Waals surface area contributed by atoms with Crippen LogP contribution in [0, 0.1) is 0 Å². The molecule has 0 amide bonds. The monoisotopic (exact) mass is 243 g/mol. The summed E-state index contributed by atoms with van der Waals surface area (Å²) in [4.78, 5) is 1.84. The number of aliphatic hydroxyl groups is 1. The van der Waals surface area contributed by atoms with Crippen LogP contribution in [0.15, 0.2) is 18.2 Å². The first-order valence-electron chi connectivity index (χ1n) is 5.38. The average molecular weight is 244 g/mol. The number of ether oxygens (including phenoxy) is 1. The van der Waals surface area contributed by atoms with Crippen molar-refractivity contribution in [2.75, 3.05) is 26.9 Å². The van der Waals surface area contributed by atoms with Crippen molar-refractivity contribution in [3.05, 3.63) is 28.8 Å². The van der Waals surface area contributed by atoms with Gasteiger partial charge in [0.2, 0.25) is 0 Å². The minimum atomic E-state index is 0.0742. The van der Waals surface area contributed by atoms with E-state index >= 15 is 0 Å². The lowest BCUT2D eigenvalue weighted by Gasteiger charge is -2.13. The fraction of sp³-hybridized carbons (Fsp3) is 0.500. The molecular weight excluding hydrogens is 226 g/mol. The van der Waals surface area contributed by atoms with Gasteiger partial charge in [-0.1, -0.05) is 17.7 Å². The van der Waals surface area contributed by atoms with Gasteiger partial charge < -0.3 is 9.84 Å². The van der Waals surface area contributed by atoms with E-state index in [1.54, 1.807) is 0 Å². The van der Waals surface area contributed by atoms with E-state index in [9.17, 15) is 0 Å².